The van der Waals surface area contributed by atoms with Gasteiger partial charge in [0, 0.05) is 21.7 Å². The fraction of sp³-hybridized carbons (Fsp3) is 0.316. The molecule has 0 fully saturated rings. The van der Waals surface area contributed by atoms with Crippen molar-refractivity contribution < 1.29 is 32.3 Å². The number of nitrogens with one attached hydrogen (secondary N) is 1. The maximum atomic E-state index is 13.6. The van der Waals surface area contributed by atoms with Gasteiger partial charge in [-0.25, -0.2) is 13.2 Å². The second kappa shape index (κ2) is 9.01. The van der Waals surface area contributed by atoms with E-state index in [1.807, 2.05) is 19.2 Å². The molecule has 1 aromatic carbocycles. The monoisotopic (exact) mass is 413 g/mol. The molecule has 1 N–H and O–H groups in total. The summed E-state index contributed by atoms with van der Waals surface area (Å²) < 4.78 is 44.6. The third kappa shape index (κ3) is 5.19. The van der Waals surface area contributed by atoms with Crippen molar-refractivity contribution >= 4 is 34.7 Å². The number of aryl methyl sites for hydroxylation is 2. The van der Waals surface area contributed by atoms with Crippen LogP contribution in [0.15, 0.2) is 18.2 Å². The van der Waals surface area contributed by atoms with Crippen LogP contribution in [-0.4, -0.2) is 23.8 Å². The standard InChI is InChI=1S/C19H18F3NO4S/c1-9-8-12(11(3)28-9)15(24)6-7-16(25)27-10(2)19(26)23-14-5-4-13(20)17(21)18(14)22/h4-5,8,10H,6-7H2,1-3H3,(H,23,26). The Balaban J connectivity index is 1.88. The molecule has 2 aromatic rings. The molecular weight excluding hydrogens is 395 g/mol. The van der Waals surface area contributed by atoms with Crippen LogP contribution in [0.25, 0.3) is 0 Å². The summed E-state index contributed by atoms with van der Waals surface area (Å²) in [6.45, 7) is 4.92. The third-order valence-electron chi connectivity index (χ3n) is 3.87. The van der Waals surface area contributed by atoms with Gasteiger partial charge in [0.15, 0.2) is 29.3 Å². The lowest BCUT2D eigenvalue weighted by Crippen LogP contribution is -2.30. The fourth-order valence-corrected chi connectivity index (χ4v) is 3.37. The molecule has 1 unspecified atom stereocenters. The van der Waals surface area contributed by atoms with Crippen molar-refractivity contribution in [2.24, 2.45) is 0 Å². The largest absolute Gasteiger partial charge is 0.453 e. The number of thiophene rings is 1. The molecule has 150 valence electrons. The first-order valence-electron chi connectivity index (χ1n) is 8.34. The van der Waals surface area contributed by atoms with E-state index in [0.717, 1.165) is 15.8 Å². The molecule has 28 heavy (non-hydrogen) atoms. The Morgan fingerprint density at radius 1 is 1.11 bits per heavy atom. The number of amides is 1. The van der Waals surface area contributed by atoms with Gasteiger partial charge in [0.2, 0.25) is 0 Å². The number of Topliss-reactive ketones (excluding diaryl/α,β-unsaturated/α-hetero) is 1. The Morgan fingerprint density at radius 3 is 2.39 bits per heavy atom. The summed E-state index contributed by atoms with van der Waals surface area (Å²) in [4.78, 5) is 37.8. The van der Waals surface area contributed by atoms with Crippen molar-refractivity contribution in [3.05, 3.63) is 51.0 Å². The molecule has 9 heteroatoms. The highest BCUT2D eigenvalue weighted by atomic mass is 32.1. The van der Waals surface area contributed by atoms with Gasteiger partial charge in [0.05, 0.1) is 12.1 Å². The molecule has 0 aliphatic carbocycles. The van der Waals surface area contributed by atoms with Gasteiger partial charge in [-0.2, -0.15) is 0 Å². The van der Waals surface area contributed by atoms with Gasteiger partial charge < -0.3 is 10.1 Å². The van der Waals surface area contributed by atoms with E-state index in [1.54, 1.807) is 6.07 Å². The van der Waals surface area contributed by atoms with Crippen LogP contribution in [0, 0.1) is 31.3 Å². The smallest absolute Gasteiger partial charge is 0.307 e. The lowest BCUT2D eigenvalue weighted by molar-refractivity contribution is -0.153. The highest BCUT2D eigenvalue weighted by Crippen LogP contribution is 2.23. The Labute approximate surface area is 163 Å². The average Bonchev–Trinajstić information content (AvgIpc) is 2.98. The summed E-state index contributed by atoms with van der Waals surface area (Å²) in [5.41, 5.74) is -0.0276. The number of hydrogen-bond acceptors (Lipinski definition) is 5. The first-order chi connectivity index (χ1) is 13.1. The number of carbonyl (C=O) groups is 3. The lowest BCUT2D eigenvalue weighted by atomic mass is 10.1. The number of rotatable bonds is 7. The number of benzene rings is 1. The minimum absolute atomic E-state index is 0.0814. The summed E-state index contributed by atoms with van der Waals surface area (Å²) in [6, 6.07) is 3.26. The molecule has 0 saturated heterocycles. The molecule has 0 radical (unpaired) electrons. The van der Waals surface area contributed by atoms with Crippen molar-refractivity contribution in [1.29, 1.82) is 0 Å². The predicted molar refractivity (Wildman–Crippen MR) is 97.9 cm³/mol. The van der Waals surface area contributed by atoms with E-state index in [4.69, 9.17) is 4.74 Å². The normalized spacial score (nSPS) is 11.8. The van der Waals surface area contributed by atoms with E-state index < -0.39 is 41.1 Å². The van der Waals surface area contributed by atoms with Gasteiger partial charge in [0.1, 0.15) is 0 Å². The van der Waals surface area contributed by atoms with Gasteiger partial charge in [0.25, 0.3) is 5.91 Å². The van der Waals surface area contributed by atoms with Crippen molar-refractivity contribution in [2.75, 3.05) is 5.32 Å². The number of anilines is 1. The predicted octanol–water partition coefficient (Wildman–Crippen LogP) is 4.32. The number of halogens is 3. The highest BCUT2D eigenvalue weighted by molar-refractivity contribution is 7.12. The first kappa shape index (κ1) is 21.6. The van der Waals surface area contributed by atoms with Gasteiger partial charge in [-0.3, -0.25) is 14.4 Å². The molecular formula is C19H18F3NO4S. The van der Waals surface area contributed by atoms with Gasteiger partial charge in [-0.1, -0.05) is 0 Å². The number of ether oxygens (including phenoxy) is 1. The highest BCUT2D eigenvalue weighted by Gasteiger charge is 2.22. The number of ketones is 1. The maximum Gasteiger partial charge on any atom is 0.307 e. The zero-order chi connectivity index (χ0) is 21.0. The van der Waals surface area contributed by atoms with E-state index in [1.165, 1.54) is 18.3 Å². The molecule has 1 heterocycles. The quantitative estimate of drug-likeness (QED) is 0.417. The van der Waals surface area contributed by atoms with Gasteiger partial charge in [-0.05, 0) is 39.0 Å². The zero-order valence-electron chi connectivity index (χ0n) is 15.4. The summed E-state index contributed by atoms with van der Waals surface area (Å²) in [5, 5.41) is 2.02. The van der Waals surface area contributed by atoms with Crippen LogP contribution in [0.5, 0.6) is 0 Å². The fourth-order valence-electron chi connectivity index (χ4n) is 2.42. The van der Waals surface area contributed by atoms with E-state index >= 15 is 0 Å². The Morgan fingerprint density at radius 2 is 1.79 bits per heavy atom. The topological polar surface area (TPSA) is 72.5 Å². The lowest BCUT2D eigenvalue weighted by Gasteiger charge is -2.14. The molecule has 5 nitrogen and oxygen atoms in total. The summed E-state index contributed by atoms with van der Waals surface area (Å²) in [5.74, 6) is -6.59. The summed E-state index contributed by atoms with van der Waals surface area (Å²) in [6.07, 6.45) is -1.63. The van der Waals surface area contributed by atoms with Gasteiger partial charge >= 0.3 is 5.97 Å². The Hall–Kier alpha value is -2.68. The van der Waals surface area contributed by atoms with Crippen molar-refractivity contribution in [1.82, 2.24) is 0 Å². The summed E-state index contributed by atoms with van der Waals surface area (Å²) in [7, 11) is 0. The van der Waals surface area contributed by atoms with Crippen molar-refractivity contribution in [2.45, 2.75) is 39.7 Å². The molecule has 0 aliphatic rings. The van der Waals surface area contributed by atoms with E-state index in [-0.39, 0.29) is 18.6 Å². The van der Waals surface area contributed by atoms with Crippen LogP contribution in [0.4, 0.5) is 18.9 Å². The molecule has 2 rings (SSSR count). The molecule has 0 saturated carbocycles. The molecule has 1 aromatic heterocycles. The van der Waals surface area contributed by atoms with Crippen LogP contribution in [0.1, 0.15) is 39.9 Å². The van der Waals surface area contributed by atoms with E-state index in [0.29, 0.717) is 11.6 Å². The zero-order valence-corrected chi connectivity index (χ0v) is 16.2. The van der Waals surface area contributed by atoms with Crippen LogP contribution < -0.4 is 5.32 Å². The van der Waals surface area contributed by atoms with E-state index in [9.17, 15) is 27.6 Å². The SMILES string of the molecule is Cc1cc(C(=O)CCC(=O)OC(C)C(=O)Nc2ccc(F)c(F)c2F)c(C)s1. The van der Waals surface area contributed by atoms with Crippen LogP contribution in [0.3, 0.4) is 0 Å². The molecule has 0 bridgehead atoms. The maximum absolute atomic E-state index is 13.6. The minimum Gasteiger partial charge on any atom is -0.453 e. The second-order valence-corrected chi connectivity index (χ2v) is 7.55. The number of carbonyl (C=O) groups excluding carboxylic acids is 3. The van der Waals surface area contributed by atoms with Crippen molar-refractivity contribution in [3.63, 3.8) is 0 Å². The molecule has 0 aliphatic heterocycles. The third-order valence-corrected chi connectivity index (χ3v) is 4.83. The van der Waals surface area contributed by atoms with Crippen molar-refractivity contribution in [3.8, 4) is 0 Å². The van der Waals surface area contributed by atoms with Crippen LogP contribution >= 0.6 is 11.3 Å². The Bertz CT molecular complexity index is 926. The van der Waals surface area contributed by atoms with Crippen LogP contribution in [0.2, 0.25) is 0 Å². The molecule has 1 amide bonds. The minimum atomic E-state index is -1.72. The second-order valence-electron chi connectivity index (χ2n) is 6.09. The van der Waals surface area contributed by atoms with Gasteiger partial charge in [-0.15, -0.1) is 11.3 Å². The first-order valence-corrected chi connectivity index (χ1v) is 9.16. The molecule has 0 spiro atoms. The van der Waals surface area contributed by atoms with E-state index in [2.05, 4.69) is 0 Å². The van der Waals surface area contributed by atoms with Crippen LogP contribution in [-0.2, 0) is 14.3 Å². The Kier molecular flexibility index (Phi) is 6.95. The molecule has 1 atom stereocenters. The average molecular weight is 413 g/mol. The number of hydrogen-bond donors (Lipinski definition) is 1. The summed E-state index contributed by atoms with van der Waals surface area (Å²) >= 11 is 1.48. The number of esters is 1.